The van der Waals surface area contributed by atoms with Crippen molar-refractivity contribution in [3.05, 3.63) is 24.3 Å². The Morgan fingerprint density at radius 2 is 2.00 bits per heavy atom. The fourth-order valence-corrected chi connectivity index (χ4v) is 2.24. The van der Waals surface area contributed by atoms with Crippen LogP contribution in [0.5, 0.6) is 5.75 Å². The van der Waals surface area contributed by atoms with Gasteiger partial charge >= 0.3 is 5.97 Å². The van der Waals surface area contributed by atoms with Crippen LogP contribution in [0.4, 0.5) is 5.69 Å². The van der Waals surface area contributed by atoms with Gasteiger partial charge in [-0.1, -0.05) is 6.92 Å². The van der Waals surface area contributed by atoms with Gasteiger partial charge in [0.25, 0.3) is 0 Å². The number of carboxylic acids is 1. The van der Waals surface area contributed by atoms with Crippen molar-refractivity contribution in [2.45, 2.75) is 26.2 Å². The molecule has 5 nitrogen and oxygen atoms in total. The zero-order chi connectivity index (χ0) is 15.5. The first-order valence-electron chi connectivity index (χ1n) is 6.94. The molecule has 0 heterocycles. The minimum atomic E-state index is -0.822. The van der Waals surface area contributed by atoms with Gasteiger partial charge in [0.05, 0.1) is 12.4 Å². The molecule has 6 heteroatoms. The first-order chi connectivity index (χ1) is 10.1. The van der Waals surface area contributed by atoms with Crippen LogP contribution in [-0.2, 0) is 9.59 Å². The summed E-state index contributed by atoms with van der Waals surface area (Å²) in [5.74, 6) is 1.28. The van der Waals surface area contributed by atoms with Crippen molar-refractivity contribution in [3.63, 3.8) is 0 Å². The smallest absolute Gasteiger partial charge is 0.303 e. The van der Waals surface area contributed by atoms with E-state index in [2.05, 4.69) is 12.2 Å². The summed E-state index contributed by atoms with van der Waals surface area (Å²) in [6.45, 7) is 2.45. The van der Waals surface area contributed by atoms with Crippen molar-refractivity contribution in [2.75, 3.05) is 23.4 Å². The minimum absolute atomic E-state index is 0.0106. The molecule has 0 aliphatic carbocycles. The molecule has 0 radical (unpaired) electrons. The van der Waals surface area contributed by atoms with Gasteiger partial charge in [-0.3, -0.25) is 9.59 Å². The predicted molar refractivity (Wildman–Crippen MR) is 85.1 cm³/mol. The lowest BCUT2D eigenvalue weighted by Gasteiger charge is -2.08. The number of hydrogen-bond donors (Lipinski definition) is 2. The van der Waals surface area contributed by atoms with E-state index in [1.165, 1.54) is 0 Å². The number of anilines is 1. The number of hydrogen-bond acceptors (Lipinski definition) is 4. The lowest BCUT2D eigenvalue weighted by atomic mass is 10.3. The minimum Gasteiger partial charge on any atom is -0.494 e. The van der Waals surface area contributed by atoms with Gasteiger partial charge in [-0.2, -0.15) is 11.8 Å². The second kappa shape index (κ2) is 10.1. The molecule has 0 aromatic heterocycles. The Kier molecular flexibility index (Phi) is 8.35. The van der Waals surface area contributed by atoms with Gasteiger partial charge in [-0.15, -0.1) is 0 Å². The van der Waals surface area contributed by atoms with E-state index in [1.807, 2.05) is 0 Å². The SMILES string of the molecule is CCCSCC(=O)Nc1ccc(OCCCC(=O)O)cc1. The van der Waals surface area contributed by atoms with Gasteiger partial charge in [0.15, 0.2) is 0 Å². The van der Waals surface area contributed by atoms with Crippen molar-refractivity contribution in [2.24, 2.45) is 0 Å². The van der Waals surface area contributed by atoms with Gasteiger partial charge in [0.1, 0.15) is 5.75 Å². The molecule has 0 saturated carbocycles. The topological polar surface area (TPSA) is 75.6 Å². The summed E-state index contributed by atoms with van der Waals surface area (Å²) in [4.78, 5) is 22.0. The molecule has 0 aliphatic heterocycles. The summed E-state index contributed by atoms with van der Waals surface area (Å²) in [5, 5.41) is 11.3. The fourth-order valence-electron chi connectivity index (χ4n) is 1.55. The molecule has 0 aliphatic rings. The van der Waals surface area contributed by atoms with Crippen LogP contribution in [0.2, 0.25) is 0 Å². The Labute approximate surface area is 129 Å². The molecule has 2 N–H and O–H groups in total. The van der Waals surface area contributed by atoms with Crippen LogP contribution in [0.25, 0.3) is 0 Å². The van der Waals surface area contributed by atoms with E-state index < -0.39 is 5.97 Å². The summed E-state index contributed by atoms with van der Waals surface area (Å²) < 4.78 is 5.42. The van der Waals surface area contributed by atoms with Crippen LogP contribution in [-0.4, -0.2) is 35.1 Å². The van der Waals surface area contributed by atoms with Crippen molar-refractivity contribution in [1.82, 2.24) is 0 Å². The molecule has 1 amide bonds. The third-order valence-corrected chi connectivity index (χ3v) is 3.69. The van der Waals surface area contributed by atoms with Gasteiger partial charge in [0, 0.05) is 12.1 Å². The molecule has 1 rings (SSSR count). The number of carboxylic acid groups (broad SMARTS) is 1. The maximum Gasteiger partial charge on any atom is 0.303 e. The molecule has 1 aromatic rings. The number of carbonyl (C=O) groups excluding carboxylic acids is 1. The van der Waals surface area contributed by atoms with Gasteiger partial charge in [-0.05, 0) is 42.9 Å². The normalized spacial score (nSPS) is 10.1. The second-order valence-corrected chi connectivity index (χ2v) is 5.58. The molecule has 0 spiro atoms. The number of carbonyl (C=O) groups is 2. The average Bonchev–Trinajstić information content (AvgIpc) is 2.45. The quantitative estimate of drug-likeness (QED) is 0.650. The fraction of sp³-hybridized carbons (Fsp3) is 0.467. The predicted octanol–water partition coefficient (Wildman–Crippen LogP) is 3.01. The van der Waals surface area contributed by atoms with Gasteiger partial charge in [-0.25, -0.2) is 0 Å². The molecule has 0 saturated heterocycles. The second-order valence-electron chi connectivity index (χ2n) is 4.47. The number of ether oxygens (including phenoxy) is 1. The zero-order valence-electron chi connectivity index (χ0n) is 12.1. The van der Waals surface area contributed by atoms with Crippen LogP contribution in [0.15, 0.2) is 24.3 Å². The van der Waals surface area contributed by atoms with Crippen molar-refractivity contribution < 1.29 is 19.4 Å². The molecular formula is C15H21NO4S. The highest BCUT2D eigenvalue weighted by Crippen LogP contribution is 2.16. The zero-order valence-corrected chi connectivity index (χ0v) is 12.9. The summed E-state index contributed by atoms with van der Waals surface area (Å²) in [6, 6.07) is 7.06. The maximum atomic E-state index is 11.6. The van der Waals surface area contributed by atoms with Gasteiger partial charge in [0.2, 0.25) is 5.91 Å². The summed E-state index contributed by atoms with van der Waals surface area (Å²) in [6.07, 6.45) is 1.64. The Balaban J connectivity index is 2.29. The summed E-state index contributed by atoms with van der Waals surface area (Å²) in [5.41, 5.74) is 0.731. The molecule has 0 bridgehead atoms. The van der Waals surface area contributed by atoms with Gasteiger partial charge < -0.3 is 15.2 Å². The van der Waals surface area contributed by atoms with E-state index >= 15 is 0 Å². The largest absolute Gasteiger partial charge is 0.494 e. The third-order valence-electron chi connectivity index (χ3n) is 2.52. The number of rotatable bonds is 10. The van der Waals surface area contributed by atoms with E-state index in [0.717, 1.165) is 17.9 Å². The number of benzene rings is 1. The standard InChI is InChI=1S/C15H21NO4S/c1-2-10-21-11-14(17)16-12-5-7-13(8-6-12)20-9-3-4-15(18)19/h5-8H,2-4,9-11H2,1H3,(H,16,17)(H,18,19). The van der Waals surface area contributed by atoms with E-state index in [1.54, 1.807) is 36.0 Å². The monoisotopic (exact) mass is 311 g/mol. The van der Waals surface area contributed by atoms with Crippen LogP contribution in [0.1, 0.15) is 26.2 Å². The first-order valence-corrected chi connectivity index (χ1v) is 8.09. The maximum absolute atomic E-state index is 11.6. The summed E-state index contributed by atoms with van der Waals surface area (Å²) >= 11 is 1.61. The highest BCUT2D eigenvalue weighted by molar-refractivity contribution is 7.99. The Hall–Kier alpha value is -1.69. The molecule has 0 fully saturated rings. The van der Waals surface area contributed by atoms with Crippen molar-refractivity contribution in [1.29, 1.82) is 0 Å². The van der Waals surface area contributed by atoms with E-state index in [0.29, 0.717) is 24.5 Å². The van der Waals surface area contributed by atoms with E-state index in [9.17, 15) is 9.59 Å². The molecule has 1 aromatic carbocycles. The van der Waals surface area contributed by atoms with Crippen LogP contribution in [0.3, 0.4) is 0 Å². The Morgan fingerprint density at radius 1 is 1.29 bits per heavy atom. The van der Waals surface area contributed by atoms with Crippen LogP contribution >= 0.6 is 11.8 Å². The Morgan fingerprint density at radius 3 is 2.62 bits per heavy atom. The van der Waals surface area contributed by atoms with E-state index in [-0.39, 0.29) is 12.3 Å². The third kappa shape index (κ3) is 8.24. The highest BCUT2D eigenvalue weighted by Gasteiger charge is 2.03. The molecular weight excluding hydrogens is 290 g/mol. The first kappa shape index (κ1) is 17.4. The van der Waals surface area contributed by atoms with Crippen molar-refractivity contribution in [3.8, 4) is 5.75 Å². The number of aliphatic carboxylic acids is 1. The number of thioether (sulfide) groups is 1. The van der Waals surface area contributed by atoms with E-state index in [4.69, 9.17) is 9.84 Å². The molecule has 116 valence electrons. The number of nitrogens with one attached hydrogen (secondary N) is 1. The highest BCUT2D eigenvalue weighted by atomic mass is 32.2. The average molecular weight is 311 g/mol. The van der Waals surface area contributed by atoms with Crippen LogP contribution in [0, 0.1) is 0 Å². The molecule has 0 atom stereocenters. The lowest BCUT2D eigenvalue weighted by molar-refractivity contribution is -0.137. The van der Waals surface area contributed by atoms with Crippen molar-refractivity contribution >= 4 is 29.3 Å². The lowest BCUT2D eigenvalue weighted by Crippen LogP contribution is -2.14. The number of amides is 1. The molecule has 0 unspecified atom stereocenters. The molecule has 21 heavy (non-hydrogen) atoms. The Bertz CT molecular complexity index is 447. The van der Waals surface area contributed by atoms with Crippen LogP contribution < -0.4 is 10.1 Å². The summed E-state index contributed by atoms with van der Waals surface area (Å²) in [7, 11) is 0.